The molecule has 0 aromatic carbocycles. The summed E-state index contributed by atoms with van der Waals surface area (Å²) in [6, 6.07) is 0.0575. The Labute approximate surface area is 100 Å². The normalized spacial score (nSPS) is 23.9. The molecule has 6 heteroatoms. The third-order valence-corrected chi connectivity index (χ3v) is 3.08. The number of hydrogen-bond donors (Lipinski definition) is 2. The Morgan fingerprint density at radius 2 is 2.53 bits per heavy atom. The fourth-order valence-corrected chi connectivity index (χ4v) is 2.05. The van der Waals surface area contributed by atoms with E-state index in [2.05, 4.69) is 10.4 Å². The van der Waals surface area contributed by atoms with Gasteiger partial charge in [0, 0.05) is 13.2 Å². The van der Waals surface area contributed by atoms with Gasteiger partial charge < -0.3 is 15.8 Å². The highest BCUT2D eigenvalue weighted by molar-refractivity contribution is 5.97. The minimum Gasteiger partial charge on any atom is -0.396 e. The molecule has 1 aliphatic heterocycles. The number of nitrogens with two attached hydrogens (primary N) is 1. The van der Waals surface area contributed by atoms with Crippen LogP contribution in [0.1, 0.15) is 30.8 Å². The fourth-order valence-electron chi connectivity index (χ4n) is 2.05. The molecule has 0 spiro atoms. The molecule has 2 atom stereocenters. The maximum atomic E-state index is 12.1. The number of carbonyl (C=O) groups is 1. The lowest BCUT2D eigenvalue weighted by atomic mass is 10.1. The molecule has 2 heterocycles. The summed E-state index contributed by atoms with van der Waals surface area (Å²) < 4.78 is 7.00. The van der Waals surface area contributed by atoms with Gasteiger partial charge in [0.15, 0.2) is 0 Å². The summed E-state index contributed by atoms with van der Waals surface area (Å²) >= 11 is 0. The van der Waals surface area contributed by atoms with E-state index < -0.39 is 0 Å². The van der Waals surface area contributed by atoms with Gasteiger partial charge in [0.1, 0.15) is 5.69 Å². The molecule has 17 heavy (non-hydrogen) atoms. The number of hydrogen-bond acceptors (Lipinski definition) is 4. The molecule has 0 radical (unpaired) electrons. The highest BCUT2D eigenvalue weighted by Crippen LogP contribution is 2.15. The molecule has 1 aliphatic rings. The van der Waals surface area contributed by atoms with Crippen LogP contribution in [0, 0.1) is 0 Å². The first kappa shape index (κ1) is 11.9. The Morgan fingerprint density at radius 3 is 3.12 bits per heavy atom. The van der Waals surface area contributed by atoms with Crippen LogP contribution in [-0.4, -0.2) is 34.4 Å². The minimum absolute atomic E-state index is 0.0539. The molecule has 1 aromatic rings. The lowest BCUT2D eigenvalue weighted by Gasteiger charge is -2.16. The molecule has 1 fully saturated rings. The van der Waals surface area contributed by atoms with Gasteiger partial charge in [0.25, 0.3) is 5.91 Å². The van der Waals surface area contributed by atoms with E-state index in [0.29, 0.717) is 24.5 Å². The SMILES string of the molecule is CCn1ncc(N)c1C(=O)NC1CCOC1C. The number of rotatable bonds is 3. The van der Waals surface area contributed by atoms with Crippen LogP contribution < -0.4 is 11.1 Å². The fraction of sp³-hybridized carbons (Fsp3) is 0.636. The largest absolute Gasteiger partial charge is 0.396 e. The molecule has 0 aliphatic carbocycles. The van der Waals surface area contributed by atoms with Gasteiger partial charge in [-0.25, -0.2) is 0 Å². The number of carbonyl (C=O) groups excluding carboxylic acids is 1. The van der Waals surface area contributed by atoms with E-state index in [1.807, 2.05) is 13.8 Å². The Bertz CT molecular complexity index is 416. The van der Waals surface area contributed by atoms with Gasteiger partial charge in [0.2, 0.25) is 0 Å². The summed E-state index contributed by atoms with van der Waals surface area (Å²) in [6.45, 7) is 5.19. The Kier molecular flexibility index (Phi) is 3.33. The zero-order chi connectivity index (χ0) is 12.4. The van der Waals surface area contributed by atoms with Crippen molar-refractivity contribution in [3.8, 4) is 0 Å². The monoisotopic (exact) mass is 238 g/mol. The third kappa shape index (κ3) is 2.26. The van der Waals surface area contributed by atoms with Gasteiger partial charge in [-0.1, -0.05) is 0 Å². The summed E-state index contributed by atoms with van der Waals surface area (Å²) in [6.07, 6.45) is 2.40. The van der Waals surface area contributed by atoms with Gasteiger partial charge in [0.05, 0.1) is 24.0 Å². The van der Waals surface area contributed by atoms with E-state index in [9.17, 15) is 4.79 Å². The standard InChI is InChI=1S/C11H18N4O2/c1-3-15-10(8(12)6-13-15)11(16)14-9-4-5-17-7(9)2/h6-7,9H,3-5,12H2,1-2H3,(H,14,16). The maximum absolute atomic E-state index is 12.1. The zero-order valence-electron chi connectivity index (χ0n) is 10.1. The quantitative estimate of drug-likeness (QED) is 0.798. The summed E-state index contributed by atoms with van der Waals surface area (Å²) in [5.74, 6) is -0.177. The van der Waals surface area contributed by atoms with Crippen molar-refractivity contribution in [2.45, 2.75) is 39.0 Å². The van der Waals surface area contributed by atoms with Crippen molar-refractivity contribution >= 4 is 11.6 Å². The Hall–Kier alpha value is -1.56. The smallest absolute Gasteiger partial charge is 0.272 e. The second-order valence-corrected chi connectivity index (χ2v) is 4.21. The van der Waals surface area contributed by atoms with Crippen LogP contribution in [0.25, 0.3) is 0 Å². The van der Waals surface area contributed by atoms with Crippen LogP contribution in [0.2, 0.25) is 0 Å². The van der Waals surface area contributed by atoms with Gasteiger partial charge in [-0.05, 0) is 20.3 Å². The van der Waals surface area contributed by atoms with E-state index in [-0.39, 0.29) is 18.1 Å². The van der Waals surface area contributed by atoms with E-state index in [1.165, 1.54) is 6.20 Å². The molecular weight excluding hydrogens is 220 g/mol. The van der Waals surface area contributed by atoms with Crippen LogP contribution in [0.15, 0.2) is 6.20 Å². The zero-order valence-corrected chi connectivity index (χ0v) is 10.1. The average molecular weight is 238 g/mol. The van der Waals surface area contributed by atoms with E-state index in [4.69, 9.17) is 10.5 Å². The van der Waals surface area contributed by atoms with Crippen molar-refractivity contribution in [3.63, 3.8) is 0 Å². The molecule has 1 saturated heterocycles. The summed E-state index contributed by atoms with van der Waals surface area (Å²) in [5.41, 5.74) is 6.60. The predicted octanol–water partition coefficient (Wildman–Crippen LogP) is 0.392. The topological polar surface area (TPSA) is 82.2 Å². The number of nitrogen functional groups attached to an aromatic ring is 1. The lowest BCUT2D eigenvalue weighted by Crippen LogP contribution is -2.40. The van der Waals surface area contributed by atoms with Crippen LogP contribution in [0.3, 0.4) is 0 Å². The number of nitrogens with zero attached hydrogens (tertiary/aromatic N) is 2. The van der Waals surface area contributed by atoms with Gasteiger partial charge >= 0.3 is 0 Å². The van der Waals surface area contributed by atoms with E-state index in [1.54, 1.807) is 4.68 Å². The van der Waals surface area contributed by atoms with E-state index >= 15 is 0 Å². The first-order chi connectivity index (χ1) is 8.13. The first-order valence-electron chi connectivity index (χ1n) is 5.87. The molecule has 1 amide bonds. The molecule has 0 bridgehead atoms. The molecule has 1 aromatic heterocycles. The van der Waals surface area contributed by atoms with Gasteiger partial charge in [-0.15, -0.1) is 0 Å². The number of ether oxygens (including phenoxy) is 1. The first-order valence-corrected chi connectivity index (χ1v) is 5.87. The molecule has 2 unspecified atom stereocenters. The second kappa shape index (κ2) is 4.75. The third-order valence-electron chi connectivity index (χ3n) is 3.08. The van der Waals surface area contributed by atoms with Crippen molar-refractivity contribution in [3.05, 3.63) is 11.9 Å². The Balaban J connectivity index is 2.11. The lowest BCUT2D eigenvalue weighted by molar-refractivity contribution is 0.0857. The van der Waals surface area contributed by atoms with Crippen molar-refractivity contribution in [1.29, 1.82) is 0 Å². The van der Waals surface area contributed by atoms with Crippen LogP contribution in [-0.2, 0) is 11.3 Å². The van der Waals surface area contributed by atoms with Crippen molar-refractivity contribution in [2.24, 2.45) is 0 Å². The molecule has 0 saturated carbocycles. The second-order valence-electron chi connectivity index (χ2n) is 4.21. The average Bonchev–Trinajstić information content (AvgIpc) is 2.85. The van der Waals surface area contributed by atoms with Crippen molar-refractivity contribution < 1.29 is 9.53 Å². The van der Waals surface area contributed by atoms with Gasteiger partial charge in [-0.2, -0.15) is 5.10 Å². The predicted molar refractivity (Wildman–Crippen MR) is 63.6 cm³/mol. The van der Waals surface area contributed by atoms with Crippen molar-refractivity contribution in [1.82, 2.24) is 15.1 Å². The minimum atomic E-state index is -0.177. The van der Waals surface area contributed by atoms with Gasteiger partial charge in [-0.3, -0.25) is 9.48 Å². The number of aromatic nitrogens is 2. The molecule has 6 nitrogen and oxygen atoms in total. The molecule has 2 rings (SSSR count). The summed E-state index contributed by atoms with van der Waals surface area (Å²) in [5, 5.41) is 6.99. The summed E-state index contributed by atoms with van der Waals surface area (Å²) in [7, 11) is 0. The highest BCUT2D eigenvalue weighted by Gasteiger charge is 2.27. The number of amides is 1. The summed E-state index contributed by atoms with van der Waals surface area (Å²) in [4.78, 5) is 12.1. The van der Waals surface area contributed by atoms with Crippen LogP contribution in [0.5, 0.6) is 0 Å². The molecule has 94 valence electrons. The number of anilines is 1. The molecular formula is C11H18N4O2. The van der Waals surface area contributed by atoms with E-state index in [0.717, 1.165) is 6.42 Å². The highest BCUT2D eigenvalue weighted by atomic mass is 16.5. The molecule has 3 N–H and O–H groups in total. The maximum Gasteiger partial charge on any atom is 0.272 e. The Morgan fingerprint density at radius 1 is 1.76 bits per heavy atom. The van der Waals surface area contributed by atoms with Crippen molar-refractivity contribution in [2.75, 3.05) is 12.3 Å². The number of nitrogens with one attached hydrogen (secondary N) is 1. The van der Waals surface area contributed by atoms with Crippen LogP contribution in [0.4, 0.5) is 5.69 Å². The number of aryl methyl sites for hydroxylation is 1. The van der Waals surface area contributed by atoms with Crippen LogP contribution >= 0.6 is 0 Å².